The molecule has 0 aliphatic carbocycles. The van der Waals surface area contributed by atoms with Gasteiger partial charge in [-0.25, -0.2) is 17.8 Å². The first kappa shape index (κ1) is 22.1. The molecular formula is C16H22ClFN6O3S2. The van der Waals surface area contributed by atoms with Crippen molar-refractivity contribution in [2.24, 2.45) is 0 Å². The maximum atomic E-state index is 14.4. The Morgan fingerprint density at radius 2 is 2.07 bits per heavy atom. The smallest absolute Gasteiger partial charge is 0.266 e. The van der Waals surface area contributed by atoms with E-state index >= 15 is 0 Å². The highest BCUT2D eigenvalue weighted by Gasteiger charge is 2.33. The highest BCUT2D eigenvalue weighted by atomic mass is 35.5. The number of unbranched alkanes of at least 4 members (excludes halogenated alkanes) is 1. The van der Waals surface area contributed by atoms with Gasteiger partial charge in [-0.3, -0.25) is 4.72 Å². The molecule has 1 aromatic heterocycles. The molecule has 160 valence electrons. The van der Waals surface area contributed by atoms with Crippen LogP contribution in [0.1, 0.15) is 12.8 Å². The average Bonchev–Trinajstić information content (AvgIpc) is 3.13. The second kappa shape index (κ2) is 9.49. The van der Waals surface area contributed by atoms with Gasteiger partial charge in [-0.2, -0.15) is 4.37 Å². The molecule has 9 nitrogen and oxygen atoms in total. The predicted octanol–water partition coefficient (Wildman–Crippen LogP) is 1.25. The minimum absolute atomic E-state index is 0.0389. The maximum absolute atomic E-state index is 14.4. The van der Waals surface area contributed by atoms with E-state index in [9.17, 15) is 17.9 Å². The lowest BCUT2D eigenvalue weighted by molar-refractivity contribution is -0.00822. The molecule has 5 N–H and O–H groups in total. The molecule has 2 aromatic rings. The second-order valence-corrected chi connectivity index (χ2v) is 9.59. The van der Waals surface area contributed by atoms with Gasteiger partial charge in [0.15, 0.2) is 0 Å². The summed E-state index contributed by atoms with van der Waals surface area (Å²) in [5, 5.41) is 19.3. The third kappa shape index (κ3) is 5.96. The van der Waals surface area contributed by atoms with Gasteiger partial charge < -0.3 is 21.1 Å². The van der Waals surface area contributed by atoms with Crippen molar-refractivity contribution >= 4 is 44.0 Å². The normalized spacial score (nSPS) is 15.7. The van der Waals surface area contributed by atoms with Gasteiger partial charge in [0.05, 0.1) is 10.7 Å². The van der Waals surface area contributed by atoms with Crippen LogP contribution in [0.25, 0.3) is 0 Å². The van der Waals surface area contributed by atoms with Crippen molar-refractivity contribution in [3.8, 4) is 0 Å². The van der Waals surface area contributed by atoms with Gasteiger partial charge in [0, 0.05) is 37.7 Å². The van der Waals surface area contributed by atoms with E-state index in [0.717, 1.165) is 43.1 Å². The van der Waals surface area contributed by atoms with E-state index in [0.29, 0.717) is 31.9 Å². The fourth-order valence-electron chi connectivity index (χ4n) is 2.72. The minimum Gasteiger partial charge on any atom is -0.386 e. The molecule has 2 heterocycles. The van der Waals surface area contributed by atoms with E-state index in [2.05, 4.69) is 30.0 Å². The van der Waals surface area contributed by atoms with Crippen LogP contribution in [0.2, 0.25) is 5.02 Å². The predicted molar refractivity (Wildman–Crippen MR) is 111 cm³/mol. The van der Waals surface area contributed by atoms with E-state index in [1.807, 2.05) is 0 Å². The summed E-state index contributed by atoms with van der Waals surface area (Å²) >= 11 is 6.97. The minimum atomic E-state index is -4.16. The van der Waals surface area contributed by atoms with Crippen molar-refractivity contribution < 1.29 is 17.9 Å². The standard InChI is InChI=1S/C16H22ClFN6O3S2/c17-11-5-14(29(26,27)24-15-22-10-23-28-15)12(18)6-13(11)21-4-2-1-3-19-7-16(25)8-20-9-16/h5-6,10,19-21,25H,1-4,7-9H2,(H,22,23,24). The summed E-state index contributed by atoms with van der Waals surface area (Å²) in [6.07, 6.45) is 2.84. The summed E-state index contributed by atoms with van der Waals surface area (Å²) in [6, 6.07) is 2.13. The molecule has 13 heteroatoms. The number of benzene rings is 1. The first-order valence-electron chi connectivity index (χ1n) is 8.95. The molecule has 0 amide bonds. The molecule has 3 rings (SSSR count). The summed E-state index contributed by atoms with van der Waals surface area (Å²) < 4.78 is 44.9. The number of nitrogens with zero attached hydrogens (tertiary/aromatic N) is 2. The second-order valence-electron chi connectivity index (χ2n) is 6.75. The Morgan fingerprint density at radius 1 is 1.31 bits per heavy atom. The number of aromatic nitrogens is 2. The van der Waals surface area contributed by atoms with E-state index in [1.54, 1.807) is 0 Å². The molecule has 0 bridgehead atoms. The number of hydrogen-bond donors (Lipinski definition) is 5. The van der Waals surface area contributed by atoms with Gasteiger partial charge >= 0.3 is 0 Å². The zero-order valence-electron chi connectivity index (χ0n) is 15.4. The highest BCUT2D eigenvalue weighted by Crippen LogP contribution is 2.29. The maximum Gasteiger partial charge on any atom is 0.266 e. The van der Waals surface area contributed by atoms with Gasteiger partial charge in [0.2, 0.25) is 5.13 Å². The van der Waals surface area contributed by atoms with Crippen LogP contribution in [0.15, 0.2) is 23.4 Å². The van der Waals surface area contributed by atoms with Crippen molar-refractivity contribution in [3.05, 3.63) is 29.3 Å². The highest BCUT2D eigenvalue weighted by molar-refractivity contribution is 7.93. The fraction of sp³-hybridized carbons (Fsp3) is 0.500. The van der Waals surface area contributed by atoms with Crippen LogP contribution < -0.4 is 20.7 Å². The molecule has 0 atom stereocenters. The van der Waals surface area contributed by atoms with Gasteiger partial charge in [-0.1, -0.05) is 11.6 Å². The van der Waals surface area contributed by atoms with Crippen LogP contribution in [-0.2, 0) is 10.0 Å². The van der Waals surface area contributed by atoms with Crippen LogP contribution in [-0.4, -0.2) is 61.2 Å². The fourth-order valence-corrected chi connectivity index (χ4v) is 4.76. The lowest BCUT2D eigenvalue weighted by Gasteiger charge is -2.37. The third-order valence-electron chi connectivity index (χ3n) is 4.35. The summed E-state index contributed by atoms with van der Waals surface area (Å²) in [5.74, 6) is -0.919. The first-order chi connectivity index (χ1) is 13.8. The number of sulfonamides is 1. The van der Waals surface area contributed by atoms with Crippen molar-refractivity contribution in [2.75, 3.05) is 42.8 Å². The lowest BCUT2D eigenvalue weighted by atomic mass is 9.97. The van der Waals surface area contributed by atoms with E-state index in [-0.39, 0.29) is 10.2 Å². The van der Waals surface area contributed by atoms with Crippen LogP contribution in [0, 0.1) is 5.82 Å². The first-order valence-corrected chi connectivity index (χ1v) is 11.6. The Morgan fingerprint density at radius 3 is 2.72 bits per heavy atom. The Bertz CT molecular complexity index is 925. The molecule has 0 unspecified atom stereocenters. The Kier molecular flexibility index (Phi) is 7.24. The zero-order chi connectivity index (χ0) is 20.9. The molecule has 0 spiro atoms. The summed E-state index contributed by atoms with van der Waals surface area (Å²) in [4.78, 5) is 3.16. The van der Waals surface area contributed by atoms with Crippen LogP contribution in [0.4, 0.5) is 15.2 Å². The van der Waals surface area contributed by atoms with Crippen LogP contribution in [0.3, 0.4) is 0 Å². The molecule has 0 saturated carbocycles. The summed E-state index contributed by atoms with van der Waals surface area (Å²) in [6.45, 7) is 3.05. The quantitative estimate of drug-likeness (QED) is 0.314. The van der Waals surface area contributed by atoms with Crippen molar-refractivity contribution in [2.45, 2.75) is 23.3 Å². The topological polar surface area (TPSA) is 128 Å². The largest absolute Gasteiger partial charge is 0.386 e. The van der Waals surface area contributed by atoms with Crippen molar-refractivity contribution in [1.82, 2.24) is 20.0 Å². The molecule has 1 aromatic carbocycles. The Hall–Kier alpha value is -1.57. The molecular weight excluding hydrogens is 443 g/mol. The number of aliphatic hydroxyl groups is 1. The van der Waals surface area contributed by atoms with Gasteiger partial charge in [0.1, 0.15) is 22.6 Å². The Balaban J connectivity index is 1.47. The Labute approximate surface area is 177 Å². The van der Waals surface area contributed by atoms with E-state index in [1.165, 1.54) is 6.33 Å². The molecule has 1 aliphatic rings. The van der Waals surface area contributed by atoms with Crippen LogP contribution in [0.5, 0.6) is 0 Å². The summed E-state index contributed by atoms with van der Waals surface area (Å²) in [7, 11) is -4.16. The average molecular weight is 465 g/mol. The number of anilines is 2. The van der Waals surface area contributed by atoms with Crippen LogP contribution >= 0.6 is 23.1 Å². The monoisotopic (exact) mass is 464 g/mol. The van der Waals surface area contributed by atoms with Crippen molar-refractivity contribution in [1.29, 1.82) is 0 Å². The number of halogens is 2. The number of β-amino-alcohol motifs (C(OH)–C–C–N with tert-alkyl or cyclic N) is 1. The van der Waals surface area contributed by atoms with E-state index in [4.69, 9.17) is 11.6 Å². The third-order valence-corrected chi connectivity index (χ3v) is 6.73. The van der Waals surface area contributed by atoms with Gasteiger partial charge in [-0.15, -0.1) is 0 Å². The SMILES string of the molecule is O=S(=O)(Nc1ncns1)c1cc(Cl)c(NCCCCNCC2(O)CNC2)cc1F. The van der Waals surface area contributed by atoms with Crippen molar-refractivity contribution in [3.63, 3.8) is 0 Å². The number of hydrogen-bond acceptors (Lipinski definition) is 9. The number of rotatable bonds is 11. The molecule has 1 aliphatic heterocycles. The molecule has 1 saturated heterocycles. The molecule has 1 fully saturated rings. The molecule has 0 radical (unpaired) electrons. The number of nitrogens with one attached hydrogen (secondary N) is 4. The lowest BCUT2D eigenvalue weighted by Crippen LogP contribution is -2.64. The zero-order valence-corrected chi connectivity index (χ0v) is 17.8. The van der Waals surface area contributed by atoms with Gasteiger partial charge in [-0.05, 0) is 31.5 Å². The van der Waals surface area contributed by atoms with E-state index < -0.39 is 26.3 Å². The molecule has 29 heavy (non-hydrogen) atoms. The summed E-state index contributed by atoms with van der Waals surface area (Å²) in [5.41, 5.74) is -0.321. The van der Waals surface area contributed by atoms with Gasteiger partial charge in [0.25, 0.3) is 10.0 Å².